The van der Waals surface area contributed by atoms with Crippen molar-refractivity contribution in [3.63, 3.8) is 0 Å². The molecule has 1 aromatic rings. The number of aryl methyl sites for hydroxylation is 1. The highest BCUT2D eigenvalue weighted by Crippen LogP contribution is 2.13. The Labute approximate surface area is 86.8 Å². The summed E-state index contributed by atoms with van der Waals surface area (Å²) in [6.07, 6.45) is 4.02. The average molecular weight is 189 g/mol. The summed E-state index contributed by atoms with van der Waals surface area (Å²) in [4.78, 5) is 0. The van der Waals surface area contributed by atoms with E-state index < -0.39 is 0 Å². The monoisotopic (exact) mass is 189 g/mol. The standard InChI is InChI=1S/C13H19N/c1-4-6-12-8-7-11(5-2)9-13(12)10-14-3/h4,7-9,14H,1,5-6,10H2,2-3H3. The van der Waals surface area contributed by atoms with Gasteiger partial charge in [0.15, 0.2) is 0 Å². The predicted octanol–water partition coefficient (Wildman–Crippen LogP) is 2.70. The average Bonchev–Trinajstić information content (AvgIpc) is 2.21. The van der Waals surface area contributed by atoms with Crippen molar-refractivity contribution < 1.29 is 0 Å². The molecule has 1 nitrogen and oxygen atoms in total. The number of nitrogens with one attached hydrogen (secondary N) is 1. The molecule has 0 amide bonds. The summed E-state index contributed by atoms with van der Waals surface area (Å²) < 4.78 is 0. The number of allylic oxidation sites excluding steroid dienone is 1. The van der Waals surface area contributed by atoms with E-state index >= 15 is 0 Å². The zero-order chi connectivity index (χ0) is 10.4. The Balaban J connectivity index is 2.96. The first-order valence-electron chi connectivity index (χ1n) is 5.18. The molecule has 0 saturated heterocycles. The molecule has 0 heterocycles. The van der Waals surface area contributed by atoms with Crippen LogP contribution in [0, 0.1) is 0 Å². The summed E-state index contributed by atoms with van der Waals surface area (Å²) in [6.45, 7) is 6.91. The van der Waals surface area contributed by atoms with Gasteiger partial charge in [-0.3, -0.25) is 0 Å². The van der Waals surface area contributed by atoms with Gasteiger partial charge in [0.2, 0.25) is 0 Å². The minimum absolute atomic E-state index is 0.941. The van der Waals surface area contributed by atoms with Crippen LogP contribution in [0.25, 0.3) is 0 Å². The highest BCUT2D eigenvalue weighted by atomic mass is 14.8. The molecular weight excluding hydrogens is 170 g/mol. The molecule has 0 spiro atoms. The summed E-state index contributed by atoms with van der Waals surface area (Å²) in [5, 5.41) is 3.20. The van der Waals surface area contributed by atoms with Crippen molar-refractivity contribution in [3.8, 4) is 0 Å². The van der Waals surface area contributed by atoms with Crippen LogP contribution in [0.15, 0.2) is 30.9 Å². The van der Waals surface area contributed by atoms with E-state index in [-0.39, 0.29) is 0 Å². The molecule has 0 fully saturated rings. The van der Waals surface area contributed by atoms with Crippen LogP contribution in [-0.2, 0) is 19.4 Å². The van der Waals surface area contributed by atoms with Gasteiger partial charge in [-0.05, 0) is 36.6 Å². The smallest absolute Gasteiger partial charge is 0.0205 e. The lowest BCUT2D eigenvalue weighted by Gasteiger charge is -2.09. The molecule has 0 aliphatic rings. The topological polar surface area (TPSA) is 12.0 Å². The molecular formula is C13H19N. The highest BCUT2D eigenvalue weighted by molar-refractivity contribution is 5.33. The number of hydrogen-bond acceptors (Lipinski definition) is 1. The van der Waals surface area contributed by atoms with E-state index in [1.165, 1.54) is 16.7 Å². The molecule has 1 heteroatoms. The van der Waals surface area contributed by atoms with Gasteiger partial charge in [0.05, 0.1) is 0 Å². The van der Waals surface area contributed by atoms with E-state index in [1.807, 2.05) is 13.1 Å². The summed E-state index contributed by atoms with van der Waals surface area (Å²) in [5.74, 6) is 0. The number of hydrogen-bond donors (Lipinski definition) is 1. The molecule has 14 heavy (non-hydrogen) atoms. The largest absolute Gasteiger partial charge is 0.316 e. The fourth-order valence-electron chi connectivity index (χ4n) is 1.61. The third-order valence-electron chi connectivity index (χ3n) is 2.41. The van der Waals surface area contributed by atoms with Gasteiger partial charge in [0.1, 0.15) is 0 Å². The molecule has 1 N–H and O–H groups in total. The van der Waals surface area contributed by atoms with Crippen LogP contribution in [-0.4, -0.2) is 7.05 Å². The quantitative estimate of drug-likeness (QED) is 0.702. The van der Waals surface area contributed by atoms with Gasteiger partial charge in [-0.15, -0.1) is 6.58 Å². The molecule has 0 saturated carbocycles. The van der Waals surface area contributed by atoms with Crippen molar-refractivity contribution in [1.82, 2.24) is 5.32 Å². The van der Waals surface area contributed by atoms with E-state index in [2.05, 4.69) is 37.0 Å². The van der Waals surface area contributed by atoms with Crippen LogP contribution in [0.5, 0.6) is 0 Å². The molecule has 0 aliphatic carbocycles. The van der Waals surface area contributed by atoms with Crippen LogP contribution in [0.2, 0.25) is 0 Å². The Morgan fingerprint density at radius 2 is 2.14 bits per heavy atom. The fourth-order valence-corrected chi connectivity index (χ4v) is 1.61. The second-order valence-electron chi connectivity index (χ2n) is 3.48. The van der Waals surface area contributed by atoms with Gasteiger partial charge in [-0.2, -0.15) is 0 Å². The van der Waals surface area contributed by atoms with Crippen LogP contribution in [0.3, 0.4) is 0 Å². The van der Waals surface area contributed by atoms with E-state index in [0.717, 1.165) is 19.4 Å². The first kappa shape index (κ1) is 11.0. The molecule has 1 rings (SSSR count). The van der Waals surface area contributed by atoms with Gasteiger partial charge >= 0.3 is 0 Å². The molecule has 76 valence electrons. The zero-order valence-corrected chi connectivity index (χ0v) is 9.14. The summed E-state index contributed by atoms with van der Waals surface area (Å²) >= 11 is 0. The Bertz CT molecular complexity index is 302. The maximum absolute atomic E-state index is 3.78. The fraction of sp³-hybridized carbons (Fsp3) is 0.385. The lowest BCUT2D eigenvalue weighted by Crippen LogP contribution is -2.08. The zero-order valence-electron chi connectivity index (χ0n) is 9.14. The molecule has 0 unspecified atom stereocenters. The van der Waals surface area contributed by atoms with Gasteiger partial charge in [-0.25, -0.2) is 0 Å². The van der Waals surface area contributed by atoms with Crippen molar-refractivity contribution in [3.05, 3.63) is 47.5 Å². The Kier molecular flexibility index (Phi) is 4.41. The highest BCUT2D eigenvalue weighted by Gasteiger charge is 2.00. The maximum atomic E-state index is 3.78. The molecule has 0 aliphatic heterocycles. The van der Waals surface area contributed by atoms with E-state index in [9.17, 15) is 0 Å². The Hall–Kier alpha value is -1.08. The summed E-state index contributed by atoms with van der Waals surface area (Å²) in [5.41, 5.74) is 4.18. The van der Waals surface area contributed by atoms with E-state index in [1.54, 1.807) is 0 Å². The minimum atomic E-state index is 0.941. The second kappa shape index (κ2) is 5.61. The summed E-state index contributed by atoms with van der Waals surface area (Å²) in [7, 11) is 1.98. The van der Waals surface area contributed by atoms with E-state index in [4.69, 9.17) is 0 Å². The molecule has 0 radical (unpaired) electrons. The number of rotatable bonds is 5. The SMILES string of the molecule is C=CCc1ccc(CC)cc1CNC. The van der Waals surface area contributed by atoms with E-state index in [0.29, 0.717) is 0 Å². The van der Waals surface area contributed by atoms with Crippen molar-refractivity contribution >= 4 is 0 Å². The molecule has 0 bridgehead atoms. The van der Waals surface area contributed by atoms with Crippen LogP contribution < -0.4 is 5.32 Å². The van der Waals surface area contributed by atoms with Crippen LogP contribution >= 0.6 is 0 Å². The lowest BCUT2D eigenvalue weighted by molar-refractivity contribution is 0.806. The minimum Gasteiger partial charge on any atom is -0.316 e. The number of benzene rings is 1. The third-order valence-corrected chi connectivity index (χ3v) is 2.41. The Morgan fingerprint density at radius 1 is 1.36 bits per heavy atom. The lowest BCUT2D eigenvalue weighted by atomic mass is 10.0. The van der Waals surface area contributed by atoms with Crippen molar-refractivity contribution in [2.45, 2.75) is 26.3 Å². The second-order valence-corrected chi connectivity index (χ2v) is 3.48. The summed E-state index contributed by atoms with van der Waals surface area (Å²) in [6, 6.07) is 6.71. The van der Waals surface area contributed by atoms with Gasteiger partial charge in [0, 0.05) is 6.54 Å². The molecule has 0 aromatic heterocycles. The Morgan fingerprint density at radius 3 is 2.71 bits per heavy atom. The first-order chi connectivity index (χ1) is 6.81. The normalized spacial score (nSPS) is 10.1. The molecule has 0 atom stereocenters. The van der Waals surface area contributed by atoms with Crippen LogP contribution in [0.4, 0.5) is 0 Å². The van der Waals surface area contributed by atoms with Crippen molar-refractivity contribution in [2.24, 2.45) is 0 Å². The van der Waals surface area contributed by atoms with Gasteiger partial charge < -0.3 is 5.32 Å². The van der Waals surface area contributed by atoms with Gasteiger partial charge in [-0.1, -0.05) is 31.2 Å². The van der Waals surface area contributed by atoms with Crippen molar-refractivity contribution in [1.29, 1.82) is 0 Å². The van der Waals surface area contributed by atoms with Crippen molar-refractivity contribution in [2.75, 3.05) is 7.05 Å². The van der Waals surface area contributed by atoms with Gasteiger partial charge in [0.25, 0.3) is 0 Å². The maximum Gasteiger partial charge on any atom is 0.0205 e. The first-order valence-corrected chi connectivity index (χ1v) is 5.18. The van der Waals surface area contributed by atoms with Crippen LogP contribution in [0.1, 0.15) is 23.6 Å². The predicted molar refractivity (Wildman–Crippen MR) is 62.5 cm³/mol. The molecule has 1 aromatic carbocycles. The third kappa shape index (κ3) is 2.71.